The number of carbonyl (C=O) groups is 2. The van der Waals surface area contributed by atoms with E-state index in [0.29, 0.717) is 24.2 Å². The van der Waals surface area contributed by atoms with Gasteiger partial charge in [0.05, 0.1) is 18.9 Å². The van der Waals surface area contributed by atoms with Gasteiger partial charge in [0, 0.05) is 24.6 Å². The lowest BCUT2D eigenvalue weighted by atomic mass is 9.98. The van der Waals surface area contributed by atoms with E-state index < -0.39 is 5.97 Å². The van der Waals surface area contributed by atoms with Gasteiger partial charge in [0.2, 0.25) is 0 Å². The number of aliphatic carboxylic acids is 1. The number of ether oxygens (including phenoxy) is 1. The summed E-state index contributed by atoms with van der Waals surface area (Å²) in [5.41, 5.74) is 2.23. The van der Waals surface area contributed by atoms with Gasteiger partial charge >= 0.3 is 5.97 Å². The molecule has 1 aliphatic rings. The van der Waals surface area contributed by atoms with E-state index in [9.17, 15) is 9.59 Å². The van der Waals surface area contributed by atoms with E-state index in [1.807, 2.05) is 24.3 Å². The normalized spacial score (nSPS) is 16.9. The molecule has 25 heavy (non-hydrogen) atoms. The van der Waals surface area contributed by atoms with Crippen molar-refractivity contribution in [2.24, 2.45) is 0 Å². The zero-order chi connectivity index (χ0) is 18.0. The molecule has 3 rings (SSSR count). The van der Waals surface area contributed by atoms with Gasteiger partial charge in [0.1, 0.15) is 17.9 Å². The molecule has 0 spiro atoms. The van der Waals surface area contributed by atoms with E-state index in [0.717, 1.165) is 12.2 Å². The van der Waals surface area contributed by atoms with Gasteiger partial charge in [-0.2, -0.15) is 0 Å². The Morgan fingerprint density at radius 2 is 2.04 bits per heavy atom. The molecule has 1 unspecified atom stereocenters. The quantitative estimate of drug-likeness (QED) is 0.903. The predicted molar refractivity (Wildman–Crippen MR) is 91.0 cm³/mol. The summed E-state index contributed by atoms with van der Waals surface area (Å²) in [7, 11) is 1.63. The summed E-state index contributed by atoms with van der Waals surface area (Å²) < 4.78 is 10.5. The van der Waals surface area contributed by atoms with Crippen molar-refractivity contribution in [1.82, 2.24) is 4.90 Å². The number of aryl methyl sites for hydroxylation is 1. The minimum atomic E-state index is -1.01. The summed E-state index contributed by atoms with van der Waals surface area (Å²) >= 11 is 0. The maximum atomic E-state index is 12.9. The fraction of sp³-hybridized carbons (Fsp3) is 0.368. The lowest BCUT2D eigenvalue weighted by molar-refractivity contribution is -0.136. The Kier molecular flexibility index (Phi) is 4.79. The molecule has 0 saturated carbocycles. The topological polar surface area (TPSA) is 80.0 Å². The van der Waals surface area contributed by atoms with E-state index in [1.165, 1.54) is 11.8 Å². The van der Waals surface area contributed by atoms with Gasteiger partial charge in [-0.05, 0) is 31.0 Å². The van der Waals surface area contributed by atoms with Crippen molar-refractivity contribution >= 4 is 11.9 Å². The number of furan rings is 1. The Balaban J connectivity index is 1.74. The fourth-order valence-corrected chi connectivity index (χ4v) is 3.30. The molecule has 1 aromatic heterocycles. The van der Waals surface area contributed by atoms with Crippen LogP contribution in [0.25, 0.3) is 0 Å². The highest BCUT2D eigenvalue weighted by Crippen LogP contribution is 2.30. The third kappa shape index (κ3) is 3.52. The Hall–Kier alpha value is -2.76. The van der Waals surface area contributed by atoms with Gasteiger partial charge in [0.25, 0.3) is 5.91 Å². The van der Waals surface area contributed by atoms with Crippen LogP contribution in [-0.4, -0.2) is 42.1 Å². The second-order valence-electron chi connectivity index (χ2n) is 6.30. The average Bonchev–Trinajstić information content (AvgIpc) is 3.21. The summed E-state index contributed by atoms with van der Waals surface area (Å²) in [6.45, 7) is 3.02. The molecule has 0 bridgehead atoms. The molecule has 1 fully saturated rings. The first-order valence-corrected chi connectivity index (χ1v) is 8.21. The van der Waals surface area contributed by atoms with Crippen molar-refractivity contribution in [2.75, 3.05) is 20.2 Å². The monoisotopic (exact) mass is 343 g/mol. The Morgan fingerprint density at radius 3 is 2.68 bits per heavy atom. The Morgan fingerprint density at radius 1 is 1.32 bits per heavy atom. The van der Waals surface area contributed by atoms with Crippen LogP contribution in [0.2, 0.25) is 0 Å². The molecule has 132 valence electrons. The molecule has 2 aromatic rings. The molecule has 6 nitrogen and oxygen atoms in total. The minimum absolute atomic E-state index is 0.154. The number of hydrogen-bond donors (Lipinski definition) is 1. The molecular weight excluding hydrogens is 322 g/mol. The predicted octanol–water partition coefficient (Wildman–Crippen LogP) is 2.85. The van der Waals surface area contributed by atoms with E-state index in [-0.39, 0.29) is 24.0 Å². The number of methoxy groups -OCH3 is 1. The van der Waals surface area contributed by atoms with Crippen LogP contribution in [0.4, 0.5) is 0 Å². The number of carboxylic acids is 1. The van der Waals surface area contributed by atoms with E-state index >= 15 is 0 Å². The average molecular weight is 343 g/mol. The van der Waals surface area contributed by atoms with Crippen LogP contribution < -0.4 is 4.74 Å². The number of amides is 1. The molecule has 6 heteroatoms. The molecule has 1 N–H and O–H groups in total. The fourth-order valence-electron chi connectivity index (χ4n) is 3.30. The molecule has 1 atom stereocenters. The third-order valence-electron chi connectivity index (χ3n) is 4.64. The molecule has 1 aromatic carbocycles. The smallest absolute Gasteiger partial charge is 0.311 e. The van der Waals surface area contributed by atoms with Gasteiger partial charge < -0.3 is 19.2 Å². The van der Waals surface area contributed by atoms with Crippen molar-refractivity contribution in [3.05, 3.63) is 53.0 Å². The standard InChI is InChI=1S/C19H21NO5/c1-12-11-25-16(9-17(21)22)18(12)19(23)20-8-7-14(10-20)13-3-5-15(24-2)6-4-13/h3-6,11,14H,7-10H2,1-2H3,(H,21,22). The first-order valence-electron chi connectivity index (χ1n) is 8.21. The van der Waals surface area contributed by atoms with E-state index in [2.05, 4.69) is 0 Å². The second-order valence-corrected chi connectivity index (χ2v) is 6.30. The molecule has 1 aliphatic heterocycles. The van der Waals surface area contributed by atoms with Crippen molar-refractivity contribution in [2.45, 2.75) is 25.7 Å². The zero-order valence-electron chi connectivity index (χ0n) is 14.3. The minimum Gasteiger partial charge on any atom is -0.497 e. The highest BCUT2D eigenvalue weighted by Gasteiger charge is 2.31. The molecular formula is C19H21NO5. The van der Waals surface area contributed by atoms with Crippen LogP contribution in [0.15, 0.2) is 34.9 Å². The maximum absolute atomic E-state index is 12.9. The van der Waals surface area contributed by atoms with Crippen LogP contribution in [0.3, 0.4) is 0 Å². The number of nitrogens with zero attached hydrogens (tertiary/aromatic N) is 1. The maximum Gasteiger partial charge on any atom is 0.311 e. The third-order valence-corrected chi connectivity index (χ3v) is 4.64. The second kappa shape index (κ2) is 7.01. The zero-order valence-corrected chi connectivity index (χ0v) is 14.3. The van der Waals surface area contributed by atoms with Gasteiger partial charge in [-0.15, -0.1) is 0 Å². The van der Waals surface area contributed by atoms with Crippen LogP contribution in [0.5, 0.6) is 5.75 Å². The first kappa shape index (κ1) is 17.1. The highest BCUT2D eigenvalue weighted by atomic mass is 16.5. The van der Waals surface area contributed by atoms with Gasteiger partial charge in [-0.3, -0.25) is 9.59 Å². The van der Waals surface area contributed by atoms with E-state index in [4.69, 9.17) is 14.3 Å². The molecule has 1 saturated heterocycles. The van der Waals surface area contributed by atoms with Gasteiger partial charge in [-0.25, -0.2) is 0 Å². The summed E-state index contributed by atoms with van der Waals surface area (Å²) in [5, 5.41) is 8.99. The Labute approximate surface area is 146 Å². The number of carboxylic acid groups (broad SMARTS) is 1. The lowest BCUT2D eigenvalue weighted by Gasteiger charge is -2.17. The van der Waals surface area contributed by atoms with Crippen molar-refractivity contribution in [3.63, 3.8) is 0 Å². The lowest BCUT2D eigenvalue weighted by Crippen LogP contribution is -2.29. The van der Waals surface area contributed by atoms with Gasteiger partial charge in [-0.1, -0.05) is 12.1 Å². The van der Waals surface area contributed by atoms with Gasteiger partial charge in [0.15, 0.2) is 0 Å². The number of carbonyl (C=O) groups excluding carboxylic acids is 1. The number of rotatable bonds is 5. The van der Waals surface area contributed by atoms with Crippen molar-refractivity contribution in [1.29, 1.82) is 0 Å². The first-order chi connectivity index (χ1) is 12.0. The SMILES string of the molecule is COc1ccc(C2CCN(C(=O)c3c(C)coc3CC(=O)O)C2)cc1. The number of hydrogen-bond acceptors (Lipinski definition) is 4. The summed E-state index contributed by atoms with van der Waals surface area (Å²) in [4.78, 5) is 25.6. The highest BCUT2D eigenvalue weighted by molar-refractivity contribution is 5.97. The molecule has 2 heterocycles. The molecule has 1 amide bonds. The largest absolute Gasteiger partial charge is 0.497 e. The summed E-state index contributed by atoms with van der Waals surface area (Å²) in [6.07, 6.45) is 2.04. The van der Waals surface area contributed by atoms with Crippen LogP contribution >= 0.6 is 0 Å². The van der Waals surface area contributed by atoms with E-state index in [1.54, 1.807) is 18.9 Å². The summed E-state index contributed by atoms with van der Waals surface area (Å²) in [6, 6.07) is 7.89. The number of likely N-dealkylation sites (tertiary alicyclic amines) is 1. The van der Waals surface area contributed by atoms with Crippen LogP contribution in [0.1, 0.15) is 39.6 Å². The summed E-state index contributed by atoms with van der Waals surface area (Å²) in [5.74, 6) is 0.134. The molecule has 0 radical (unpaired) electrons. The van der Waals surface area contributed by atoms with Crippen molar-refractivity contribution in [3.8, 4) is 5.75 Å². The van der Waals surface area contributed by atoms with Crippen LogP contribution in [0, 0.1) is 6.92 Å². The molecule has 0 aliphatic carbocycles. The van der Waals surface area contributed by atoms with Crippen molar-refractivity contribution < 1.29 is 23.8 Å². The number of benzene rings is 1. The Bertz CT molecular complexity index is 778. The van der Waals surface area contributed by atoms with Crippen LogP contribution in [-0.2, 0) is 11.2 Å².